The van der Waals surface area contributed by atoms with Crippen molar-refractivity contribution in [1.82, 2.24) is 9.55 Å². The van der Waals surface area contributed by atoms with Gasteiger partial charge in [-0.25, -0.2) is 4.98 Å². The summed E-state index contributed by atoms with van der Waals surface area (Å²) in [6, 6.07) is 88.5. The van der Waals surface area contributed by atoms with Crippen LogP contribution in [0.5, 0.6) is 11.5 Å². The number of hydrogen-bond acceptors (Lipinski definition) is 4. The van der Waals surface area contributed by atoms with Crippen molar-refractivity contribution in [3.05, 3.63) is 273 Å². The first-order valence-electron chi connectivity index (χ1n) is 27.2. The van der Waals surface area contributed by atoms with Gasteiger partial charge in [-0.1, -0.05) is 232 Å². The minimum atomic E-state index is -2.44. The number of nitrogens with zero attached hydrogens (tertiary/aromatic N) is 4. The number of pyridine rings is 1. The molecule has 6 heteroatoms. The predicted octanol–water partition coefficient (Wildman–Crippen LogP) is 18.9. The van der Waals surface area contributed by atoms with E-state index in [1.54, 1.807) is 12.3 Å². The number of ether oxygens (including phenoxy) is 1. The van der Waals surface area contributed by atoms with Gasteiger partial charge in [-0.3, -0.25) is 0 Å². The number of benzene rings is 10. The van der Waals surface area contributed by atoms with E-state index >= 15 is 0 Å². The summed E-state index contributed by atoms with van der Waals surface area (Å²) in [5.74, 6) is 1.44. The summed E-state index contributed by atoms with van der Waals surface area (Å²) in [7, 11) is 0. The molecule has 1 aliphatic heterocycles. The molecule has 2 aromatic heterocycles. The molecule has 0 spiro atoms. The number of fused-ring (bicyclic) bond motifs is 4. The fourth-order valence-corrected chi connectivity index (χ4v) is 10.6. The third-order valence-corrected chi connectivity index (χ3v) is 14.4. The monoisotopic (exact) mass is 1180 g/mol. The van der Waals surface area contributed by atoms with Crippen molar-refractivity contribution in [2.75, 3.05) is 9.80 Å². The van der Waals surface area contributed by atoms with Crippen molar-refractivity contribution >= 4 is 44.6 Å². The van der Waals surface area contributed by atoms with Crippen molar-refractivity contribution in [2.24, 2.45) is 0 Å². The van der Waals surface area contributed by atoms with Gasteiger partial charge in [0.05, 0.1) is 0 Å². The van der Waals surface area contributed by atoms with Crippen molar-refractivity contribution in [1.29, 1.82) is 0 Å². The van der Waals surface area contributed by atoms with Crippen LogP contribution < -0.4 is 14.5 Å². The first-order chi connectivity index (χ1) is 38.4. The fourth-order valence-electron chi connectivity index (χ4n) is 10.6. The Morgan fingerprint density at radius 2 is 1.04 bits per heavy atom. The Labute approximate surface area is 469 Å². The minimum absolute atomic E-state index is 0. The van der Waals surface area contributed by atoms with E-state index in [1.807, 2.05) is 71.3 Å². The second kappa shape index (κ2) is 20.4. The molecule has 0 N–H and O–H groups in total. The van der Waals surface area contributed by atoms with Crippen molar-refractivity contribution < 1.29 is 29.9 Å². The van der Waals surface area contributed by atoms with Gasteiger partial charge in [0, 0.05) is 82.1 Å². The van der Waals surface area contributed by atoms with E-state index in [1.165, 1.54) is 0 Å². The largest absolute Gasteiger partial charge is 0.509 e. The van der Waals surface area contributed by atoms with Gasteiger partial charge in [0.1, 0.15) is 5.82 Å². The van der Waals surface area contributed by atoms with Crippen molar-refractivity contribution in [2.45, 2.75) is 33.0 Å². The zero-order valence-corrected chi connectivity index (χ0v) is 45.0. The predicted molar refractivity (Wildman–Crippen MR) is 315 cm³/mol. The number of aromatic nitrogens is 2. The number of anilines is 4. The topological polar surface area (TPSA) is 33.5 Å². The van der Waals surface area contributed by atoms with E-state index in [-0.39, 0.29) is 32.0 Å². The van der Waals surface area contributed by atoms with Crippen molar-refractivity contribution in [3.8, 4) is 73.0 Å². The summed E-state index contributed by atoms with van der Waals surface area (Å²) in [4.78, 5) is 9.60. The zero-order valence-electron chi connectivity index (χ0n) is 45.7. The third kappa shape index (κ3) is 9.21. The maximum Gasteiger partial charge on any atom is 0.135 e. The summed E-state index contributed by atoms with van der Waals surface area (Å²) < 4.78 is 35.7. The van der Waals surface area contributed by atoms with E-state index in [9.17, 15) is 0 Å². The number of rotatable bonds is 10. The molecule has 77 heavy (non-hydrogen) atoms. The normalized spacial score (nSPS) is 12.9. The Morgan fingerprint density at radius 3 is 1.62 bits per heavy atom. The summed E-state index contributed by atoms with van der Waals surface area (Å²) in [5.41, 5.74) is 16.1. The van der Waals surface area contributed by atoms with E-state index in [0.29, 0.717) is 28.4 Å². The van der Waals surface area contributed by atoms with Gasteiger partial charge in [0.2, 0.25) is 0 Å². The molecule has 0 saturated heterocycles. The summed E-state index contributed by atoms with van der Waals surface area (Å²) in [6.45, 7) is 6.38. The van der Waals surface area contributed by atoms with Crippen LogP contribution in [0, 0.1) is 25.7 Å². The van der Waals surface area contributed by atoms with Crippen LogP contribution in [0.25, 0.3) is 83.3 Å². The smallest absolute Gasteiger partial charge is 0.135 e. The molecule has 0 unspecified atom stereocenters. The summed E-state index contributed by atoms with van der Waals surface area (Å²) >= 11 is 0. The Hall–Kier alpha value is -8.76. The Balaban J connectivity index is 0.00000637. The molecule has 0 fully saturated rings. The Morgan fingerprint density at radius 1 is 0.494 bits per heavy atom. The average Bonchev–Trinajstić information content (AvgIpc) is 4.08. The van der Waals surface area contributed by atoms with Crippen LogP contribution in [0.15, 0.2) is 243 Å². The van der Waals surface area contributed by atoms with Crippen LogP contribution >= 0.6 is 0 Å². The van der Waals surface area contributed by atoms with Crippen molar-refractivity contribution in [3.63, 3.8) is 0 Å². The van der Waals surface area contributed by atoms with Gasteiger partial charge in [0.25, 0.3) is 0 Å². The molecular formula is C71H53N4OPt-3. The van der Waals surface area contributed by atoms with E-state index in [0.717, 1.165) is 94.7 Å². The van der Waals surface area contributed by atoms with Crippen LogP contribution in [0.2, 0.25) is 0 Å². The Bertz CT molecular complexity index is 4160. The van der Waals surface area contributed by atoms with Crippen LogP contribution in [-0.2, 0) is 26.5 Å². The zero-order chi connectivity index (χ0) is 53.8. The first kappa shape index (κ1) is 45.6. The molecule has 376 valence electrons. The van der Waals surface area contributed by atoms with Gasteiger partial charge in [0.15, 0.2) is 0 Å². The third-order valence-electron chi connectivity index (χ3n) is 14.4. The molecular weight excluding hydrogens is 1120 g/mol. The van der Waals surface area contributed by atoms with E-state index < -0.39 is 6.85 Å². The molecule has 3 heterocycles. The molecule has 12 aromatic rings. The van der Waals surface area contributed by atoms with E-state index in [2.05, 4.69) is 213 Å². The van der Waals surface area contributed by atoms with Crippen LogP contribution in [-0.4, -0.2) is 9.55 Å². The maximum atomic E-state index is 8.80. The molecule has 10 aromatic carbocycles. The number of aryl methyl sites for hydroxylation is 1. The molecule has 0 atom stereocenters. The van der Waals surface area contributed by atoms with E-state index in [4.69, 9.17) is 13.8 Å². The maximum absolute atomic E-state index is 8.80. The number of hydrogen-bond donors (Lipinski definition) is 0. The molecule has 0 saturated carbocycles. The molecule has 0 amide bonds. The minimum Gasteiger partial charge on any atom is -0.509 e. The molecule has 0 radical (unpaired) electrons. The van der Waals surface area contributed by atoms with Crippen LogP contribution in [0.1, 0.15) is 36.0 Å². The summed E-state index contributed by atoms with van der Waals surface area (Å²) in [6.07, 6.45) is 1.68. The number of para-hydroxylation sites is 3. The quantitative estimate of drug-likeness (QED) is 0.128. The second-order valence-electron chi connectivity index (χ2n) is 20.3. The fraction of sp³-hybridized carbons (Fsp3) is 0.0704. The second-order valence-corrected chi connectivity index (χ2v) is 20.3. The van der Waals surface area contributed by atoms with Gasteiger partial charge in [-0.15, -0.1) is 47.6 Å². The van der Waals surface area contributed by atoms with Gasteiger partial charge < -0.3 is 19.1 Å². The van der Waals surface area contributed by atoms with Crippen LogP contribution in [0.3, 0.4) is 0 Å². The molecule has 0 bridgehead atoms. The van der Waals surface area contributed by atoms with Gasteiger partial charge in [-0.05, 0) is 75.3 Å². The standard InChI is InChI=1S/C71H53N4O.Pt/c1-48-39-69(72-46-63(48)53-31-18-9-19-32-53)75-64-38-37-54(49-23-10-5-11-24-49)40-61(64)62-44-60(52-29-16-8-17-30-52)68(45-67(62)75)76-57-42-55(71(2,3)4)41-56(43-57)73-47-74(66-36-21-20-35-65(66)73)70-58(50-25-12-6-13-26-50)33-22-34-59(70)51-27-14-7-15-28-51;/h5-42,44,46-47H,1-4H3;/q-3;/i1D3;. The first-order valence-corrected chi connectivity index (χ1v) is 25.7. The SMILES string of the molecule is [2H]C([2H])([2H])c1cc(-n2c3[c-]c(Oc4[c-]c(N5[CH-]N(c6c(-c7ccccc7)cccc6-c6ccccc6)c6ccccc65)cc(C(C)(C)C)c4)c(-c4ccccc4)cc3c3cc(-c4ccccc4)ccc32)ncc1-c1ccccc1.[Pt]. The molecule has 0 aliphatic carbocycles. The average molecular weight is 1180 g/mol. The molecule has 13 rings (SSSR count). The Kier molecular flexibility index (Phi) is 12.1. The summed E-state index contributed by atoms with van der Waals surface area (Å²) in [5, 5.41) is 1.87. The van der Waals surface area contributed by atoms with Crippen LogP contribution in [0.4, 0.5) is 22.7 Å². The molecule has 1 aliphatic rings. The molecule has 5 nitrogen and oxygen atoms in total. The van der Waals surface area contributed by atoms with Gasteiger partial charge in [-0.2, -0.15) is 6.07 Å². The van der Waals surface area contributed by atoms with Gasteiger partial charge >= 0.3 is 0 Å².